The number of thioether (sulfide) groups is 1. The van der Waals surface area contributed by atoms with Gasteiger partial charge in [-0.3, -0.25) is 0 Å². The van der Waals surface area contributed by atoms with Crippen LogP contribution in [0.1, 0.15) is 32.3 Å². The van der Waals surface area contributed by atoms with Gasteiger partial charge in [-0.2, -0.15) is 0 Å². The predicted octanol–water partition coefficient (Wildman–Crippen LogP) is 4.23. The van der Waals surface area contributed by atoms with E-state index in [2.05, 4.69) is 48.0 Å². The van der Waals surface area contributed by atoms with Crippen molar-refractivity contribution in [2.24, 2.45) is 5.73 Å². The highest BCUT2D eigenvalue weighted by Crippen LogP contribution is 2.26. The van der Waals surface area contributed by atoms with E-state index in [-0.39, 0.29) is 6.04 Å². The summed E-state index contributed by atoms with van der Waals surface area (Å²) in [6.45, 7) is 4.33. The molecule has 0 saturated heterocycles. The van der Waals surface area contributed by atoms with Gasteiger partial charge in [-0.05, 0) is 42.7 Å². The van der Waals surface area contributed by atoms with Crippen LogP contribution < -0.4 is 5.73 Å². The lowest BCUT2D eigenvalue weighted by Gasteiger charge is -2.11. The molecule has 1 rings (SSSR count). The SMILES string of the molecule is CCCSc1ccc(CC(N)CC)c(Br)c1. The van der Waals surface area contributed by atoms with E-state index in [1.807, 2.05) is 11.8 Å². The van der Waals surface area contributed by atoms with Crippen LogP contribution >= 0.6 is 27.7 Å². The molecule has 0 fully saturated rings. The van der Waals surface area contributed by atoms with E-state index in [4.69, 9.17) is 5.73 Å². The van der Waals surface area contributed by atoms with Crippen LogP contribution in [-0.4, -0.2) is 11.8 Å². The highest BCUT2D eigenvalue weighted by Gasteiger charge is 2.06. The average Bonchev–Trinajstić information content (AvgIpc) is 2.29. The van der Waals surface area contributed by atoms with Crippen LogP contribution in [0.4, 0.5) is 0 Å². The largest absolute Gasteiger partial charge is 0.327 e. The second-order valence-electron chi connectivity index (χ2n) is 3.97. The van der Waals surface area contributed by atoms with Crippen molar-refractivity contribution in [2.45, 2.75) is 44.0 Å². The van der Waals surface area contributed by atoms with Crippen molar-refractivity contribution in [1.29, 1.82) is 0 Å². The molecular formula is C13H20BrNS. The standard InChI is InChI=1S/C13H20BrNS/c1-3-7-16-12-6-5-10(13(14)9-12)8-11(15)4-2/h5-6,9,11H,3-4,7-8,15H2,1-2H3. The molecule has 0 bridgehead atoms. The highest BCUT2D eigenvalue weighted by atomic mass is 79.9. The lowest BCUT2D eigenvalue weighted by atomic mass is 10.1. The molecule has 0 radical (unpaired) electrons. The summed E-state index contributed by atoms with van der Waals surface area (Å²) in [5.74, 6) is 1.18. The van der Waals surface area contributed by atoms with Crippen LogP contribution in [0.2, 0.25) is 0 Å². The van der Waals surface area contributed by atoms with Crippen molar-refractivity contribution in [3.63, 3.8) is 0 Å². The van der Waals surface area contributed by atoms with Crippen LogP contribution in [0.15, 0.2) is 27.6 Å². The number of hydrogen-bond acceptors (Lipinski definition) is 2. The Morgan fingerprint density at radius 1 is 1.38 bits per heavy atom. The Labute approximate surface area is 111 Å². The highest BCUT2D eigenvalue weighted by molar-refractivity contribution is 9.10. The first kappa shape index (κ1) is 14.1. The van der Waals surface area contributed by atoms with Crippen LogP contribution in [-0.2, 0) is 6.42 Å². The molecule has 90 valence electrons. The minimum absolute atomic E-state index is 0.269. The number of rotatable bonds is 6. The van der Waals surface area contributed by atoms with Crippen LogP contribution in [0.25, 0.3) is 0 Å². The van der Waals surface area contributed by atoms with Crippen LogP contribution in [0, 0.1) is 0 Å². The van der Waals surface area contributed by atoms with Crippen molar-refractivity contribution in [3.8, 4) is 0 Å². The zero-order valence-corrected chi connectivity index (χ0v) is 12.4. The second kappa shape index (κ2) is 7.36. The van der Waals surface area contributed by atoms with Crippen LogP contribution in [0.5, 0.6) is 0 Å². The maximum atomic E-state index is 5.97. The minimum atomic E-state index is 0.269. The molecule has 0 aliphatic rings. The maximum absolute atomic E-state index is 5.97. The summed E-state index contributed by atoms with van der Waals surface area (Å²) in [5.41, 5.74) is 7.28. The second-order valence-corrected chi connectivity index (χ2v) is 6.00. The maximum Gasteiger partial charge on any atom is 0.0219 e. The molecule has 1 atom stereocenters. The Balaban J connectivity index is 2.67. The minimum Gasteiger partial charge on any atom is -0.327 e. The Hall–Kier alpha value is 0.01000. The van der Waals surface area contributed by atoms with E-state index >= 15 is 0 Å². The molecule has 0 spiro atoms. The van der Waals surface area contributed by atoms with Gasteiger partial charge in [0.05, 0.1) is 0 Å². The van der Waals surface area contributed by atoms with Gasteiger partial charge in [0, 0.05) is 15.4 Å². The third kappa shape index (κ3) is 4.48. The van der Waals surface area contributed by atoms with E-state index in [1.54, 1.807) is 0 Å². The van der Waals surface area contributed by atoms with Gasteiger partial charge in [-0.1, -0.05) is 35.8 Å². The zero-order chi connectivity index (χ0) is 12.0. The topological polar surface area (TPSA) is 26.0 Å². The summed E-state index contributed by atoms with van der Waals surface area (Å²) in [6.07, 6.45) is 3.19. The third-order valence-corrected chi connectivity index (χ3v) is 4.44. The first-order valence-electron chi connectivity index (χ1n) is 5.84. The first-order chi connectivity index (χ1) is 7.67. The van der Waals surface area contributed by atoms with Crippen molar-refractivity contribution >= 4 is 27.7 Å². The fourth-order valence-corrected chi connectivity index (χ4v) is 2.93. The van der Waals surface area contributed by atoms with Gasteiger partial charge in [0.1, 0.15) is 0 Å². The Bertz CT molecular complexity index is 328. The molecule has 0 amide bonds. The lowest BCUT2D eigenvalue weighted by Crippen LogP contribution is -2.21. The van der Waals surface area contributed by atoms with Crippen molar-refractivity contribution in [1.82, 2.24) is 0 Å². The molecule has 0 aromatic heterocycles. The Morgan fingerprint density at radius 3 is 2.69 bits per heavy atom. The summed E-state index contributed by atoms with van der Waals surface area (Å²) in [5, 5.41) is 0. The van der Waals surface area contributed by atoms with Crippen molar-refractivity contribution < 1.29 is 0 Å². The number of hydrogen-bond donors (Lipinski definition) is 1. The lowest BCUT2D eigenvalue weighted by molar-refractivity contribution is 0.645. The predicted molar refractivity (Wildman–Crippen MR) is 77.1 cm³/mol. The molecule has 0 heterocycles. The molecule has 16 heavy (non-hydrogen) atoms. The number of nitrogens with two attached hydrogens (primary N) is 1. The van der Waals surface area contributed by atoms with Crippen molar-refractivity contribution in [2.75, 3.05) is 5.75 Å². The van der Waals surface area contributed by atoms with E-state index in [0.29, 0.717) is 0 Å². The monoisotopic (exact) mass is 301 g/mol. The summed E-state index contributed by atoms with van der Waals surface area (Å²) >= 11 is 5.53. The van der Waals surface area contributed by atoms with E-state index in [1.165, 1.54) is 27.1 Å². The van der Waals surface area contributed by atoms with Gasteiger partial charge in [-0.15, -0.1) is 11.8 Å². The molecule has 0 saturated carbocycles. The van der Waals surface area contributed by atoms with E-state index in [0.717, 1.165) is 12.8 Å². The number of benzene rings is 1. The summed E-state index contributed by atoms with van der Waals surface area (Å²) in [4.78, 5) is 1.34. The third-order valence-electron chi connectivity index (χ3n) is 2.50. The van der Waals surface area contributed by atoms with Crippen molar-refractivity contribution in [3.05, 3.63) is 28.2 Å². The zero-order valence-electron chi connectivity index (χ0n) is 10.0. The van der Waals surface area contributed by atoms with Gasteiger partial charge in [0.2, 0.25) is 0 Å². The molecule has 1 aromatic carbocycles. The molecule has 2 N–H and O–H groups in total. The van der Waals surface area contributed by atoms with Gasteiger partial charge in [0.15, 0.2) is 0 Å². The molecular weight excluding hydrogens is 282 g/mol. The normalized spacial score (nSPS) is 12.8. The first-order valence-corrected chi connectivity index (χ1v) is 7.62. The smallest absolute Gasteiger partial charge is 0.0219 e. The Morgan fingerprint density at radius 2 is 2.12 bits per heavy atom. The molecule has 0 aliphatic heterocycles. The van der Waals surface area contributed by atoms with E-state index < -0.39 is 0 Å². The fraction of sp³-hybridized carbons (Fsp3) is 0.538. The van der Waals surface area contributed by atoms with Gasteiger partial charge >= 0.3 is 0 Å². The van der Waals surface area contributed by atoms with Gasteiger partial charge in [-0.25, -0.2) is 0 Å². The molecule has 3 heteroatoms. The fourth-order valence-electron chi connectivity index (χ4n) is 1.43. The number of halogens is 1. The quantitative estimate of drug-likeness (QED) is 0.796. The molecule has 1 unspecified atom stereocenters. The van der Waals surface area contributed by atoms with Gasteiger partial charge < -0.3 is 5.73 Å². The summed E-state index contributed by atoms with van der Waals surface area (Å²) in [6, 6.07) is 6.86. The molecule has 1 aromatic rings. The van der Waals surface area contributed by atoms with Crippen LogP contribution in [0.3, 0.4) is 0 Å². The average molecular weight is 302 g/mol. The molecule has 0 aliphatic carbocycles. The summed E-state index contributed by atoms with van der Waals surface area (Å²) in [7, 11) is 0. The van der Waals surface area contributed by atoms with Gasteiger partial charge in [0.25, 0.3) is 0 Å². The summed E-state index contributed by atoms with van der Waals surface area (Å²) < 4.78 is 1.19. The van der Waals surface area contributed by atoms with E-state index in [9.17, 15) is 0 Å². The Kier molecular flexibility index (Phi) is 6.47. The molecule has 1 nitrogen and oxygen atoms in total.